The number of alkyl halides is 6. The highest BCUT2D eigenvalue weighted by Gasteiger charge is 2.38. The molecule has 1 aliphatic heterocycles. The van der Waals surface area contributed by atoms with Gasteiger partial charge in [-0.15, -0.1) is 0 Å². The highest BCUT2D eigenvalue weighted by molar-refractivity contribution is 5.95. The van der Waals surface area contributed by atoms with E-state index < -0.39 is 24.3 Å². The molecule has 0 unspecified atom stereocenters. The average Bonchev–Trinajstić information content (AvgIpc) is 3.05. The summed E-state index contributed by atoms with van der Waals surface area (Å²) in [5.41, 5.74) is 12.8. The minimum atomic E-state index is -5.08. The number of aliphatic imine (C=N–C) groups is 2. The number of rotatable bonds is 11. The first-order valence-electron chi connectivity index (χ1n) is 16.3. The second-order valence-electron chi connectivity index (χ2n) is 10.9. The third-order valence-electron chi connectivity index (χ3n) is 6.74. The van der Waals surface area contributed by atoms with Crippen molar-refractivity contribution in [3.8, 4) is 5.75 Å². The molecule has 8 N–H and O–H groups in total. The van der Waals surface area contributed by atoms with Gasteiger partial charge in [0.1, 0.15) is 5.75 Å². The van der Waals surface area contributed by atoms with Gasteiger partial charge < -0.3 is 36.6 Å². The van der Waals surface area contributed by atoms with Crippen molar-refractivity contribution < 1.29 is 55.7 Å². The van der Waals surface area contributed by atoms with E-state index in [0.29, 0.717) is 25.7 Å². The number of fused-ring (bicyclic) bond motifs is 1. The summed E-state index contributed by atoms with van der Waals surface area (Å²) < 4.78 is 69.4. The maximum atomic E-state index is 12.9. The number of nitrogens with one attached hydrogen (secondary N) is 2. The van der Waals surface area contributed by atoms with Crippen LogP contribution in [0.2, 0.25) is 0 Å². The van der Waals surface area contributed by atoms with Crippen LogP contribution in [0.25, 0.3) is 0 Å². The maximum absolute atomic E-state index is 12.9. The molecule has 1 aromatic carbocycles. The van der Waals surface area contributed by atoms with E-state index >= 15 is 0 Å². The molecule has 0 saturated heterocycles. The number of unbranched alkanes of at least 4 members (excludes halogenated alkanes) is 5. The van der Waals surface area contributed by atoms with E-state index in [0.717, 1.165) is 88.7 Å². The molecular formula is C32H49F6N7O6. The standard InChI is InChI=1S/C28H47N7O2.2C2HF3O2/c1-2-3-18-31-26(29)32-19-12-6-4-5-7-13-20-35-21-14-8-9-15-22-37-25-17-11-10-16-24(25)23-33-27(30)34-28(35)36;2*3-2(4,5)1(6)7/h2-3,10-11,16-17H,4-9,12-15,18-23H2,1H3,(H3,29,31,32)(H3,30,33,34,36);2*(H,6,7)/b3-2+;;. The van der Waals surface area contributed by atoms with Gasteiger partial charge in [-0.2, -0.15) is 26.3 Å². The molecular weight excluding hydrogens is 692 g/mol. The van der Waals surface area contributed by atoms with Crippen LogP contribution in [0.15, 0.2) is 46.4 Å². The van der Waals surface area contributed by atoms with Gasteiger partial charge in [0.05, 0.1) is 19.7 Å². The number of hydrogen-bond acceptors (Lipinski definition) is 7. The molecule has 1 heterocycles. The van der Waals surface area contributed by atoms with Gasteiger partial charge in [-0.1, -0.05) is 68.9 Å². The smallest absolute Gasteiger partial charge is 0.490 e. The van der Waals surface area contributed by atoms with E-state index in [1.165, 1.54) is 6.42 Å². The highest BCUT2D eigenvalue weighted by atomic mass is 19.4. The van der Waals surface area contributed by atoms with Crippen LogP contribution in [0.3, 0.4) is 0 Å². The summed E-state index contributed by atoms with van der Waals surface area (Å²) in [6, 6.07) is 7.68. The van der Waals surface area contributed by atoms with E-state index in [1.807, 2.05) is 48.2 Å². The number of ether oxygens (including phenoxy) is 1. The molecule has 0 saturated carbocycles. The zero-order valence-electron chi connectivity index (χ0n) is 28.6. The lowest BCUT2D eigenvalue weighted by molar-refractivity contribution is -0.193. The van der Waals surface area contributed by atoms with Crippen LogP contribution in [0, 0.1) is 0 Å². The van der Waals surface area contributed by atoms with Crippen molar-refractivity contribution in [2.24, 2.45) is 21.5 Å². The summed E-state index contributed by atoms with van der Waals surface area (Å²) in [6.45, 7) is 5.94. The van der Waals surface area contributed by atoms with Crippen LogP contribution in [0.1, 0.15) is 76.7 Å². The fraction of sp³-hybridized carbons (Fsp3) is 0.594. The Bertz CT molecular complexity index is 1240. The van der Waals surface area contributed by atoms with E-state index in [2.05, 4.69) is 20.6 Å². The quantitative estimate of drug-likeness (QED) is 0.0552. The summed E-state index contributed by atoms with van der Waals surface area (Å²) in [6.07, 6.45) is 4.51. The lowest BCUT2D eigenvalue weighted by Gasteiger charge is -2.23. The van der Waals surface area contributed by atoms with Gasteiger partial charge in [-0.3, -0.25) is 5.32 Å². The Morgan fingerprint density at radius 1 is 0.980 bits per heavy atom. The average molecular weight is 742 g/mol. The number of carbonyl (C=O) groups excluding carboxylic acids is 1. The van der Waals surface area contributed by atoms with Crippen LogP contribution in [-0.2, 0) is 16.1 Å². The molecule has 2 amide bonds. The molecule has 290 valence electrons. The lowest BCUT2D eigenvalue weighted by Crippen LogP contribution is -2.46. The monoisotopic (exact) mass is 741 g/mol. The summed E-state index contributed by atoms with van der Waals surface area (Å²) in [5, 5.41) is 20.2. The second-order valence-corrected chi connectivity index (χ2v) is 10.9. The number of carbonyl (C=O) groups is 3. The Morgan fingerprint density at radius 2 is 1.55 bits per heavy atom. The van der Waals surface area contributed by atoms with Gasteiger partial charge in [0.2, 0.25) is 0 Å². The molecule has 1 aliphatic rings. The Kier molecular flexibility index (Phi) is 23.7. The number of benzene rings is 1. The fourth-order valence-electron chi connectivity index (χ4n) is 4.09. The Hall–Kier alpha value is -4.71. The minimum Gasteiger partial charge on any atom is -0.493 e. The molecule has 13 nitrogen and oxygen atoms in total. The topological polar surface area (TPSA) is 205 Å². The van der Waals surface area contributed by atoms with Gasteiger partial charge in [-0.05, 0) is 38.7 Å². The molecule has 0 radical (unpaired) electrons. The normalized spacial score (nSPS) is 14.9. The fourth-order valence-corrected chi connectivity index (χ4v) is 4.09. The van der Waals surface area contributed by atoms with E-state index in [9.17, 15) is 31.1 Å². The Labute approximate surface area is 293 Å². The van der Waals surface area contributed by atoms with Crippen molar-refractivity contribution in [1.82, 2.24) is 15.5 Å². The van der Waals surface area contributed by atoms with E-state index in [-0.39, 0.29) is 12.0 Å². The zero-order chi connectivity index (χ0) is 38.7. The summed E-state index contributed by atoms with van der Waals surface area (Å²) in [7, 11) is 0. The number of nitrogens with two attached hydrogens (primary N) is 2. The number of guanidine groups is 2. The van der Waals surface area contributed by atoms with Crippen molar-refractivity contribution >= 4 is 29.9 Å². The van der Waals surface area contributed by atoms with Crippen molar-refractivity contribution in [2.45, 2.75) is 90.0 Å². The van der Waals surface area contributed by atoms with E-state index in [1.54, 1.807) is 0 Å². The van der Waals surface area contributed by atoms with Gasteiger partial charge in [0.25, 0.3) is 0 Å². The lowest BCUT2D eigenvalue weighted by atomic mass is 10.1. The molecule has 51 heavy (non-hydrogen) atoms. The number of hydrogen-bond donors (Lipinski definition) is 6. The first kappa shape index (κ1) is 46.3. The number of amides is 2. The SMILES string of the molecule is C/C=C/CN=C(N)NCCCCCCCCN1CCCCCCOc2ccccc2CN=C(N)NC1=O.O=C(O)C(F)(F)F.O=C(O)C(F)(F)F. The third kappa shape index (κ3) is 25.0. The van der Waals surface area contributed by atoms with Crippen molar-refractivity contribution in [3.63, 3.8) is 0 Å². The predicted octanol–water partition coefficient (Wildman–Crippen LogP) is 5.55. The van der Waals surface area contributed by atoms with Crippen LogP contribution >= 0.6 is 0 Å². The number of allylic oxidation sites excluding steroid dienone is 1. The molecule has 2 rings (SSSR count). The molecule has 19 heteroatoms. The van der Waals surface area contributed by atoms with Crippen molar-refractivity contribution in [3.05, 3.63) is 42.0 Å². The first-order valence-corrected chi connectivity index (χ1v) is 16.3. The number of carboxylic acids is 2. The van der Waals surface area contributed by atoms with Crippen LogP contribution in [-0.4, -0.2) is 90.1 Å². The molecule has 0 spiro atoms. The zero-order valence-corrected chi connectivity index (χ0v) is 28.6. The molecule has 1 aromatic rings. The predicted molar refractivity (Wildman–Crippen MR) is 180 cm³/mol. The Morgan fingerprint density at radius 3 is 2.16 bits per heavy atom. The molecule has 0 bridgehead atoms. The number of halogens is 6. The summed E-state index contributed by atoms with van der Waals surface area (Å²) >= 11 is 0. The number of urea groups is 1. The van der Waals surface area contributed by atoms with Crippen LogP contribution in [0.4, 0.5) is 31.1 Å². The molecule has 0 atom stereocenters. The molecule has 0 aromatic heterocycles. The highest BCUT2D eigenvalue weighted by Crippen LogP contribution is 2.20. The number of nitrogens with zero attached hydrogens (tertiary/aromatic N) is 3. The number of aliphatic carboxylic acids is 2. The minimum absolute atomic E-state index is 0.140. The largest absolute Gasteiger partial charge is 0.493 e. The molecule has 0 aliphatic carbocycles. The maximum Gasteiger partial charge on any atom is 0.490 e. The second kappa shape index (κ2) is 26.1. The van der Waals surface area contributed by atoms with Gasteiger partial charge in [-0.25, -0.2) is 24.4 Å². The van der Waals surface area contributed by atoms with Crippen LogP contribution < -0.4 is 26.8 Å². The van der Waals surface area contributed by atoms with Gasteiger partial charge in [0.15, 0.2) is 11.9 Å². The van der Waals surface area contributed by atoms with E-state index in [4.69, 9.17) is 36.0 Å². The van der Waals surface area contributed by atoms with Gasteiger partial charge >= 0.3 is 30.3 Å². The number of para-hydroxylation sites is 1. The summed E-state index contributed by atoms with van der Waals surface area (Å²) in [5.74, 6) is -4.04. The van der Waals surface area contributed by atoms with Crippen molar-refractivity contribution in [2.75, 3.05) is 32.8 Å². The first-order chi connectivity index (χ1) is 24.0. The number of carboxylic acid groups (broad SMARTS) is 2. The Balaban J connectivity index is 0.00000149. The van der Waals surface area contributed by atoms with Crippen molar-refractivity contribution in [1.29, 1.82) is 0 Å². The van der Waals surface area contributed by atoms with Crippen LogP contribution in [0.5, 0.6) is 5.75 Å². The third-order valence-corrected chi connectivity index (χ3v) is 6.74. The molecule has 0 fully saturated rings. The summed E-state index contributed by atoms with van der Waals surface area (Å²) in [4.78, 5) is 41.1. The van der Waals surface area contributed by atoms with Gasteiger partial charge in [0, 0.05) is 25.2 Å².